The Labute approximate surface area is 174 Å². The first kappa shape index (κ1) is 20.6. The van der Waals surface area contributed by atoms with Gasteiger partial charge in [0, 0.05) is 25.3 Å². The first-order valence-corrected chi connectivity index (χ1v) is 10.1. The van der Waals surface area contributed by atoms with Crippen LogP contribution in [0.15, 0.2) is 53.9 Å². The standard InChI is InChI=1S/C21H23N5O2S/c1-14-5-10-18(15(2)11-14)26-13-22-24-21(26)29-12-19(27)23-17-8-6-16(7-9-17)20(28)25(3)4/h5-11,13H,12H2,1-4H3,(H,23,27). The maximum absolute atomic E-state index is 12.3. The van der Waals surface area contributed by atoms with E-state index in [0.717, 1.165) is 11.3 Å². The van der Waals surface area contributed by atoms with Crippen LogP contribution in [0.1, 0.15) is 21.5 Å². The normalized spacial score (nSPS) is 10.6. The van der Waals surface area contributed by atoms with Gasteiger partial charge in [0.2, 0.25) is 5.91 Å². The van der Waals surface area contributed by atoms with Crippen LogP contribution in [0.2, 0.25) is 0 Å². The number of carbonyl (C=O) groups is 2. The molecular weight excluding hydrogens is 386 g/mol. The minimum atomic E-state index is -0.156. The highest BCUT2D eigenvalue weighted by atomic mass is 32.2. The lowest BCUT2D eigenvalue weighted by Gasteiger charge is -2.11. The summed E-state index contributed by atoms with van der Waals surface area (Å²) in [7, 11) is 3.40. The average molecular weight is 410 g/mol. The molecule has 3 aromatic rings. The molecule has 8 heteroatoms. The van der Waals surface area contributed by atoms with Crippen molar-refractivity contribution in [2.24, 2.45) is 0 Å². The van der Waals surface area contributed by atoms with E-state index in [1.165, 1.54) is 22.2 Å². The summed E-state index contributed by atoms with van der Waals surface area (Å²) in [5.41, 5.74) is 4.50. The summed E-state index contributed by atoms with van der Waals surface area (Å²) in [6.07, 6.45) is 1.65. The van der Waals surface area contributed by atoms with E-state index in [2.05, 4.69) is 21.6 Å². The number of nitrogens with zero attached hydrogens (tertiary/aromatic N) is 4. The SMILES string of the molecule is Cc1ccc(-n2cnnc2SCC(=O)Nc2ccc(C(=O)N(C)C)cc2)c(C)c1. The Morgan fingerprint density at radius 2 is 1.83 bits per heavy atom. The highest BCUT2D eigenvalue weighted by Crippen LogP contribution is 2.23. The Balaban J connectivity index is 1.62. The second kappa shape index (κ2) is 8.91. The number of nitrogens with one attached hydrogen (secondary N) is 1. The van der Waals surface area contributed by atoms with Gasteiger partial charge in [-0.3, -0.25) is 14.2 Å². The number of benzene rings is 2. The third-order valence-electron chi connectivity index (χ3n) is 4.28. The highest BCUT2D eigenvalue weighted by molar-refractivity contribution is 7.99. The van der Waals surface area contributed by atoms with Crippen molar-refractivity contribution in [1.29, 1.82) is 0 Å². The molecule has 0 spiro atoms. The largest absolute Gasteiger partial charge is 0.345 e. The number of thioether (sulfide) groups is 1. The quantitative estimate of drug-likeness (QED) is 0.632. The van der Waals surface area contributed by atoms with Crippen molar-refractivity contribution in [3.63, 3.8) is 0 Å². The number of amides is 2. The lowest BCUT2D eigenvalue weighted by atomic mass is 10.1. The maximum atomic E-state index is 12.3. The van der Waals surface area contributed by atoms with Crippen LogP contribution in [0.5, 0.6) is 0 Å². The summed E-state index contributed by atoms with van der Waals surface area (Å²) >= 11 is 1.32. The van der Waals surface area contributed by atoms with E-state index in [1.807, 2.05) is 30.5 Å². The number of rotatable bonds is 6. The molecule has 1 N–H and O–H groups in total. The van der Waals surface area contributed by atoms with Crippen LogP contribution in [0.4, 0.5) is 5.69 Å². The number of hydrogen-bond acceptors (Lipinski definition) is 5. The Kier molecular flexibility index (Phi) is 6.33. The third kappa shape index (κ3) is 5.03. The predicted octanol–water partition coefficient (Wildman–Crippen LogP) is 3.32. The Bertz CT molecular complexity index is 1030. The number of anilines is 1. The zero-order chi connectivity index (χ0) is 21.0. The molecule has 29 heavy (non-hydrogen) atoms. The molecule has 0 unspecified atom stereocenters. The van der Waals surface area contributed by atoms with Crippen molar-refractivity contribution in [2.75, 3.05) is 25.2 Å². The summed E-state index contributed by atoms with van der Waals surface area (Å²) in [5, 5.41) is 11.6. The summed E-state index contributed by atoms with van der Waals surface area (Å²) in [4.78, 5) is 25.8. The molecule has 2 aromatic carbocycles. The summed E-state index contributed by atoms with van der Waals surface area (Å²) in [6.45, 7) is 4.08. The van der Waals surface area contributed by atoms with Crippen molar-refractivity contribution in [2.45, 2.75) is 19.0 Å². The van der Waals surface area contributed by atoms with Gasteiger partial charge in [-0.25, -0.2) is 0 Å². The second-order valence-electron chi connectivity index (χ2n) is 6.89. The molecule has 1 aromatic heterocycles. The van der Waals surface area contributed by atoms with Gasteiger partial charge in [-0.1, -0.05) is 29.5 Å². The molecule has 1 heterocycles. The summed E-state index contributed by atoms with van der Waals surface area (Å²) < 4.78 is 1.88. The maximum Gasteiger partial charge on any atom is 0.253 e. The molecule has 150 valence electrons. The third-order valence-corrected chi connectivity index (χ3v) is 5.23. The predicted molar refractivity (Wildman–Crippen MR) is 115 cm³/mol. The number of aryl methyl sites for hydroxylation is 2. The van der Waals surface area contributed by atoms with Gasteiger partial charge in [-0.2, -0.15) is 0 Å². The van der Waals surface area contributed by atoms with E-state index >= 15 is 0 Å². The van der Waals surface area contributed by atoms with Crippen molar-refractivity contribution in [3.8, 4) is 5.69 Å². The van der Waals surface area contributed by atoms with Gasteiger partial charge in [0.15, 0.2) is 5.16 Å². The fourth-order valence-electron chi connectivity index (χ4n) is 2.85. The topological polar surface area (TPSA) is 80.1 Å². The van der Waals surface area contributed by atoms with Gasteiger partial charge in [0.1, 0.15) is 6.33 Å². The van der Waals surface area contributed by atoms with E-state index in [-0.39, 0.29) is 17.6 Å². The smallest absolute Gasteiger partial charge is 0.253 e. The molecule has 0 aliphatic heterocycles. The van der Waals surface area contributed by atoms with Crippen LogP contribution in [0.25, 0.3) is 5.69 Å². The van der Waals surface area contributed by atoms with Gasteiger partial charge in [-0.15, -0.1) is 10.2 Å². The number of hydrogen-bond donors (Lipinski definition) is 1. The molecular formula is C21H23N5O2S. The zero-order valence-electron chi connectivity index (χ0n) is 16.8. The fraction of sp³-hybridized carbons (Fsp3) is 0.238. The average Bonchev–Trinajstić information content (AvgIpc) is 3.14. The highest BCUT2D eigenvalue weighted by Gasteiger charge is 2.13. The number of carbonyl (C=O) groups excluding carboxylic acids is 2. The van der Waals surface area contributed by atoms with Crippen molar-refractivity contribution < 1.29 is 9.59 Å². The Morgan fingerprint density at radius 3 is 2.48 bits per heavy atom. The van der Waals surface area contributed by atoms with Crippen LogP contribution in [-0.2, 0) is 4.79 Å². The van der Waals surface area contributed by atoms with E-state index < -0.39 is 0 Å². The molecule has 0 aliphatic rings. The Morgan fingerprint density at radius 1 is 1.10 bits per heavy atom. The first-order valence-electron chi connectivity index (χ1n) is 9.07. The molecule has 0 aliphatic carbocycles. The Hall–Kier alpha value is -3.13. The van der Waals surface area contributed by atoms with E-state index in [4.69, 9.17) is 0 Å². The second-order valence-corrected chi connectivity index (χ2v) is 7.83. The fourth-order valence-corrected chi connectivity index (χ4v) is 3.57. The van der Waals surface area contributed by atoms with Crippen LogP contribution < -0.4 is 5.32 Å². The van der Waals surface area contributed by atoms with E-state index in [9.17, 15) is 9.59 Å². The molecule has 3 rings (SSSR count). The van der Waals surface area contributed by atoms with Gasteiger partial charge < -0.3 is 10.2 Å². The summed E-state index contributed by atoms with van der Waals surface area (Å²) in [6, 6.07) is 13.0. The van der Waals surface area contributed by atoms with Crippen molar-refractivity contribution in [1.82, 2.24) is 19.7 Å². The van der Waals surface area contributed by atoms with E-state index in [1.54, 1.807) is 44.7 Å². The molecule has 7 nitrogen and oxygen atoms in total. The van der Waals surface area contributed by atoms with Crippen LogP contribution in [0.3, 0.4) is 0 Å². The summed E-state index contributed by atoms with van der Waals surface area (Å²) in [5.74, 6) is -0.0387. The van der Waals surface area contributed by atoms with Gasteiger partial charge in [-0.05, 0) is 49.7 Å². The van der Waals surface area contributed by atoms with Gasteiger partial charge in [0.05, 0.1) is 11.4 Å². The molecule has 0 saturated carbocycles. The van der Waals surface area contributed by atoms with Crippen LogP contribution >= 0.6 is 11.8 Å². The van der Waals surface area contributed by atoms with Crippen molar-refractivity contribution in [3.05, 3.63) is 65.5 Å². The van der Waals surface area contributed by atoms with Crippen LogP contribution in [0, 0.1) is 13.8 Å². The van der Waals surface area contributed by atoms with Gasteiger partial charge >= 0.3 is 0 Å². The molecule has 0 saturated heterocycles. The number of aromatic nitrogens is 3. The minimum Gasteiger partial charge on any atom is -0.345 e. The minimum absolute atomic E-state index is 0.0795. The molecule has 0 fully saturated rings. The molecule has 0 atom stereocenters. The zero-order valence-corrected chi connectivity index (χ0v) is 17.7. The van der Waals surface area contributed by atoms with Crippen LogP contribution in [-0.4, -0.2) is 51.3 Å². The van der Waals surface area contributed by atoms with Gasteiger partial charge in [0.25, 0.3) is 5.91 Å². The first-order chi connectivity index (χ1) is 13.8. The van der Waals surface area contributed by atoms with Crippen molar-refractivity contribution >= 4 is 29.3 Å². The molecule has 0 bridgehead atoms. The molecule has 0 radical (unpaired) electrons. The monoisotopic (exact) mass is 409 g/mol. The molecule has 2 amide bonds. The van der Waals surface area contributed by atoms with E-state index in [0.29, 0.717) is 16.4 Å². The lowest BCUT2D eigenvalue weighted by Crippen LogP contribution is -2.21. The lowest BCUT2D eigenvalue weighted by molar-refractivity contribution is -0.113.